The van der Waals surface area contributed by atoms with Gasteiger partial charge in [0.15, 0.2) is 11.3 Å². The molecule has 1 fully saturated rings. The zero-order valence-corrected chi connectivity index (χ0v) is 55.6. The number of hydrogen-bond acceptors (Lipinski definition) is 6. The summed E-state index contributed by atoms with van der Waals surface area (Å²) in [5.74, 6) is 0. The van der Waals surface area contributed by atoms with Gasteiger partial charge in [-0.25, -0.2) is 19.9 Å². The lowest BCUT2D eigenvalue weighted by molar-refractivity contribution is 0.00578. The van der Waals surface area contributed by atoms with Gasteiger partial charge >= 0.3 is 7.12 Å². The molecule has 0 radical (unpaired) electrons. The molecule has 10 nitrogen and oxygen atoms in total. The minimum Gasteiger partial charge on any atom is -0.399 e. The fourth-order valence-electron chi connectivity index (χ4n) is 14.9. The van der Waals surface area contributed by atoms with Gasteiger partial charge in [0.2, 0.25) is 0 Å². The van der Waals surface area contributed by atoms with Crippen LogP contribution in [0.5, 0.6) is 0 Å². The molecule has 466 valence electrons. The molecular formula is C86H60BBrN8O2. The largest absolute Gasteiger partial charge is 0.494 e. The van der Waals surface area contributed by atoms with E-state index in [-0.39, 0.29) is 0 Å². The van der Waals surface area contributed by atoms with Crippen molar-refractivity contribution in [2.45, 2.75) is 38.9 Å². The van der Waals surface area contributed by atoms with Crippen molar-refractivity contribution in [3.05, 3.63) is 296 Å². The van der Waals surface area contributed by atoms with Crippen molar-refractivity contribution in [3.8, 4) is 22.5 Å². The number of pyridine rings is 4. The van der Waals surface area contributed by atoms with E-state index in [4.69, 9.17) is 29.2 Å². The summed E-state index contributed by atoms with van der Waals surface area (Å²) in [6.07, 6.45) is 0. The molecule has 0 N–H and O–H groups in total. The predicted molar refractivity (Wildman–Crippen MR) is 410 cm³/mol. The maximum Gasteiger partial charge on any atom is 0.494 e. The van der Waals surface area contributed by atoms with Crippen LogP contribution in [0.25, 0.3) is 165 Å². The van der Waals surface area contributed by atoms with Crippen LogP contribution >= 0.6 is 15.9 Å². The highest BCUT2D eigenvalue weighted by atomic mass is 79.9. The first-order chi connectivity index (χ1) is 48.0. The topological polar surface area (TPSA) is 88.7 Å². The monoisotopic (exact) mass is 1330 g/mol. The maximum atomic E-state index is 6.37. The molecule has 0 aliphatic carbocycles. The summed E-state index contributed by atoms with van der Waals surface area (Å²) in [6, 6.07) is 103. The highest BCUT2D eigenvalue weighted by Gasteiger charge is 2.51. The zero-order valence-electron chi connectivity index (χ0n) is 54.1. The molecule has 0 bridgehead atoms. The Balaban J connectivity index is 0.000000110. The minimum absolute atomic E-state index is 0.392. The highest BCUT2D eigenvalue weighted by Crippen LogP contribution is 2.41. The van der Waals surface area contributed by atoms with Crippen LogP contribution in [0.15, 0.2) is 296 Å². The Labute approximate surface area is 571 Å². The van der Waals surface area contributed by atoms with Crippen LogP contribution in [0.1, 0.15) is 27.7 Å². The summed E-state index contributed by atoms with van der Waals surface area (Å²) in [6.45, 7) is 8.34. The third-order valence-corrected chi connectivity index (χ3v) is 20.8. The molecular weight excluding hydrogens is 1270 g/mol. The van der Waals surface area contributed by atoms with Crippen LogP contribution in [0.2, 0.25) is 0 Å². The maximum absolute atomic E-state index is 6.37. The van der Waals surface area contributed by atoms with Gasteiger partial charge in [0, 0.05) is 69.7 Å². The second-order valence-electron chi connectivity index (χ2n) is 26.5. The molecule has 8 aromatic heterocycles. The normalized spacial score (nSPS) is 13.8. The van der Waals surface area contributed by atoms with Crippen LogP contribution < -0.4 is 5.46 Å². The van der Waals surface area contributed by atoms with Crippen molar-refractivity contribution in [1.82, 2.24) is 37.9 Å². The van der Waals surface area contributed by atoms with Gasteiger partial charge in [-0.3, -0.25) is 8.80 Å². The predicted octanol–water partition coefficient (Wildman–Crippen LogP) is 21.3. The number of benzene rings is 12. The molecule has 20 aromatic rings. The molecule has 21 rings (SSSR count). The van der Waals surface area contributed by atoms with Gasteiger partial charge in [0.05, 0.1) is 77.4 Å². The first-order valence-corrected chi connectivity index (χ1v) is 34.0. The summed E-state index contributed by atoms with van der Waals surface area (Å²) in [5.41, 5.74) is 21.7. The number of imidazole rings is 2. The standard InChI is InChI=1S/C40H24N4.C28H24BN3O2.C18H12BrN/c1-4-12-33-27(9-1)24-32-31-23-26(19-22-37(31)44-38-16-8-5-13-34(38)42-40(44)39(32)41-33)25-17-20-28(21-18-25)43-35-14-6-2-10-29(35)30-11-3-7-15-36(30)43;1-27(2)28(3,4)34-29(33-27)18-13-14-23-19(16-18)20-15-17-9-5-6-10-21(17)30-25(20)26-31-22-11-7-8-12-24(22)32(23)26;19-13-9-11-14(12-10-13)20-17-7-3-1-5-15(17)16-6-2-4-8-18(16)20/h1-24H;5-16H,1-4H3;1-12H. The summed E-state index contributed by atoms with van der Waals surface area (Å²) < 4.78 is 23.0. The van der Waals surface area contributed by atoms with Crippen LogP contribution in [-0.2, 0) is 9.31 Å². The van der Waals surface area contributed by atoms with Crippen molar-refractivity contribution in [2.24, 2.45) is 0 Å². The first kappa shape index (κ1) is 57.9. The van der Waals surface area contributed by atoms with Crippen molar-refractivity contribution in [3.63, 3.8) is 0 Å². The summed E-state index contributed by atoms with van der Waals surface area (Å²) >= 11 is 3.50. The van der Waals surface area contributed by atoms with E-state index < -0.39 is 18.3 Å². The van der Waals surface area contributed by atoms with E-state index in [1.54, 1.807) is 0 Å². The molecule has 0 unspecified atom stereocenters. The number of nitrogens with zero attached hydrogens (tertiary/aromatic N) is 8. The van der Waals surface area contributed by atoms with E-state index >= 15 is 0 Å². The number of halogens is 1. The minimum atomic E-state index is -0.423. The van der Waals surface area contributed by atoms with Crippen molar-refractivity contribution >= 4 is 171 Å². The fourth-order valence-corrected chi connectivity index (χ4v) is 15.1. The van der Waals surface area contributed by atoms with Crippen molar-refractivity contribution < 1.29 is 9.31 Å². The van der Waals surface area contributed by atoms with E-state index in [1.807, 2.05) is 24.3 Å². The summed E-state index contributed by atoms with van der Waals surface area (Å²) in [4.78, 5) is 20.3. The molecule has 0 amide bonds. The van der Waals surface area contributed by atoms with E-state index in [9.17, 15) is 0 Å². The zero-order chi connectivity index (χ0) is 65.5. The molecule has 98 heavy (non-hydrogen) atoms. The van der Waals surface area contributed by atoms with E-state index in [2.05, 4.69) is 328 Å². The molecule has 0 spiro atoms. The second-order valence-corrected chi connectivity index (χ2v) is 27.4. The fraction of sp³-hybridized carbons (Fsp3) is 0.0698. The number of hydrogen-bond donors (Lipinski definition) is 0. The quantitative estimate of drug-likeness (QED) is 0.0991. The molecule has 1 aliphatic heterocycles. The van der Waals surface area contributed by atoms with Gasteiger partial charge in [0.25, 0.3) is 0 Å². The average Bonchev–Trinajstić information content (AvgIpc) is 1.43. The van der Waals surface area contributed by atoms with Gasteiger partial charge in [-0.15, -0.1) is 0 Å². The molecule has 1 saturated heterocycles. The third kappa shape index (κ3) is 9.16. The second kappa shape index (κ2) is 22.3. The Bertz CT molecular complexity index is 6550. The molecule has 1 aliphatic rings. The number of rotatable bonds is 4. The van der Waals surface area contributed by atoms with E-state index in [0.29, 0.717) is 0 Å². The SMILES string of the molecule is Brc1ccc(-n2c3ccccc3c3ccccc32)cc1.CC1(C)OB(c2ccc3c(c2)c2cc4ccccc4nc2c2nc4ccccc4n32)OC1(C)C.c1ccc2nc3c(cc2c1)c1cc(-c2ccc(-n4c5ccccc5c5ccccc54)cc2)ccc1n1c2ccccc2nc31. The summed E-state index contributed by atoms with van der Waals surface area (Å²) in [5, 5.41) is 11.8. The Morgan fingerprint density at radius 2 is 0.673 bits per heavy atom. The molecule has 12 aromatic carbocycles. The van der Waals surface area contributed by atoms with Gasteiger partial charge in [-0.05, 0) is 172 Å². The summed E-state index contributed by atoms with van der Waals surface area (Å²) in [7, 11) is -0.423. The Hall–Kier alpha value is -11.5. The Morgan fingerprint density at radius 3 is 1.13 bits per heavy atom. The number of para-hydroxylation sites is 10. The van der Waals surface area contributed by atoms with Crippen LogP contribution in [-0.4, -0.2) is 56.2 Å². The lowest BCUT2D eigenvalue weighted by Gasteiger charge is -2.32. The van der Waals surface area contributed by atoms with Gasteiger partial charge in [0.1, 0.15) is 11.0 Å². The molecule has 0 atom stereocenters. The highest BCUT2D eigenvalue weighted by molar-refractivity contribution is 9.10. The van der Waals surface area contributed by atoms with Gasteiger partial charge in [-0.1, -0.05) is 180 Å². The molecule has 12 heteroatoms. The molecule has 9 heterocycles. The molecule has 0 saturated carbocycles. The number of fused-ring (bicyclic) bond motifs is 24. The number of aromatic nitrogens is 8. The Morgan fingerprint density at radius 1 is 0.306 bits per heavy atom. The van der Waals surface area contributed by atoms with Gasteiger partial charge < -0.3 is 18.4 Å². The first-order valence-electron chi connectivity index (χ1n) is 33.2. The van der Waals surface area contributed by atoms with Crippen molar-refractivity contribution in [2.75, 3.05) is 0 Å². The van der Waals surface area contributed by atoms with Crippen LogP contribution in [0.4, 0.5) is 0 Å². The lowest BCUT2D eigenvalue weighted by atomic mass is 9.78. The lowest BCUT2D eigenvalue weighted by Crippen LogP contribution is -2.41. The third-order valence-electron chi connectivity index (χ3n) is 20.3. The average molecular weight is 1330 g/mol. The van der Waals surface area contributed by atoms with Gasteiger partial charge in [-0.2, -0.15) is 0 Å². The van der Waals surface area contributed by atoms with Crippen LogP contribution in [0, 0.1) is 0 Å². The smallest absolute Gasteiger partial charge is 0.399 e. The van der Waals surface area contributed by atoms with E-state index in [0.717, 1.165) is 114 Å². The van der Waals surface area contributed by atoms with Crippen molar-refractivity contribution in [1.29, 1.82) is 0 Å². The van der Waals surface area contributed by atoms with E-state index in [1.165, 1.54) is 60.4 Å². The Kier molecular flexibility index (Phi) is 13.2. The van der Waals surface area contributed by atoms with Crippen LogP contribution in [0.3, 0.4) is 0 Å².